The van der Waals surface area contributed by atoms with Crippen LogP contribution in [0.4, 0.5) is 0 Å². The van der Waals surface area contributed by atoms with Crippen molar-refractivity contribution in [1.29, 1.82) is 5.26 Å². The second-order valence-corrected chi connectivity index (χ2v) is 5.46. The molecule has 0 atom stereocenters. The largest absolute Gasteiger partial charge is 0.347 e. The molecule has 2 aromatic heterocycles. The molecule has 18 heavy (non-hydrogen) atoms. The van der Waals surface area contributed by atoms with Crippen molar-refractivity contribution < 1.29 is 4.79 Å². The monoisotopic (exact) mass is 274 g/mol. The maximum atomic E-state index is 11.8. The average Bonchev–Trinajstić information content (AvgIpc) is 3.06. The van der Waals surface area contributed by atoms with Crippen LogP contribution in [-0.2, 0) is 11.3 Å². The number of amides is 1. The van der Waals surface area contributed by atoms with Crippen LogP contribution in [0.3, 0.4) is 0 Å². The van der Waals surface area contributed by atoms with Crippen molar-refractivity contribution in [2.75, 3.05) is 0 Å². The number of rotatable bonds is 4. The molecule has 90 valence electrons. The second kappa shape index (κ2) is 6.15. The third-order valence-electron chi connectivity index (χ3n) is 2.20. The number of hydrogen-bond acceptors (Lipinski definition) is 4. The van der Waals surface area contributed by atoms with Crippen LogP contribution in [0.5, 0.6) is 0 Å². The molecule has 5 heteroatoms. The Kier molecular flexibility index (Phi) is 4.29. The fourth-order valence-electron chi connectivity index (χ4n) is 1.34. The van der Waals surface area contributed by atoms with Gasteiger partial charge in [-0.3, -0.25) is 4.79 Å². The van der Waals surface area contributed by atoms with Crippen LogP contribution < -0.4 is 5.32 Å². The van der Waals surface area contributed by atoms with E-state index in [2.05, 4.69) is 5.32 Å². The summed E-state index contributed by atoms with van der Waals surface area (Å²) < 4.78 is 0. The Morgan fingerprint density at radius 3 is 2.72 bits per heavy atom. The molecule has 3 nitrogen and oxygen atoms in total. The molecule has 0 fully saturated rings. The van der Waals surface area contributed by atoms with E-state index < -0.39 is 0 Å². The van der Waals surface area contributed by atoms with Gasteiger partial charge in [-0.05, 0) is 29.0 Å². The molecule has 0 aromatic carbocycles. The van der Waals surface area contributed by atoms with Crippen molar-refractivity contribution in [2.45, 2.75) is 6.54 Å². The maximum Gasteiger partial charge on any atom is 0.262 e. The first-order valence-electron chi connectivity index (χ1n) is 5.25. The minimum absolute atomic E-state index is 0.133. The molecular weight excluding hydrogens is 264 g/mol. The fourth-order valence-corrected chi connectivity index (χ4v) is 2.64. The predicted octanol–water partition coefficient (Wildman–Crippen LogP) is 3.03. The standard InChI is InChI=1S/C13H10N2OS2/c14-8-10(7-11-3-1-5-17-11)13(16)15-9-12-4-2-6-18-12/h1-7H,9H2,(H,15,16)/b10-7+. The van der Waals surface area contributed by atoms with Gasteiger partial charge in [-0.25, -0.2) is 0 Å². The highest BCUT2D eigenvalue weighted by atomic mass is 32.1. The van der Waals surface area contributed by atoms with Crippen LogP contribution in [0, 0.1) is 11.3 Å². The van der Waals surface area contributed by atoms with Crippen LogP contribution in [0.2, 0.25) is 0 Å². The van der Waals surface area contributed by atoms with Crippen molar-refractivity contribution in [3.63, 3.8) is 0 Å². The van der Waals surface area contributed by atoms with Gasteiger partial charge in [0.05, 0.1) is 6.54 Å². The molecule has 0 unspecified atom stereocenters. The summed E-state index contributed by atoms with van der Waals surface area (Å²) in [6.45, 7) is 0.458. The zero-order valence-electron chi connectivity index (χ0n) is 9.42. The number of nitrogens with zero attached hydrogens (tertiary/aromatic N) is 1. The van der Waals surface area contributed by atoms with Crippen LogP contribution in [0.15, 0.2) is 40.6 Å². The van der Waals surface area contributed by atoms with Crippen LogP contribution in [0.1, 0.15) is 9.75 Å². The highest BCUT2D eigenvalue weighted by molar-refractivity contribution is 7.10. The summed E-state index contributed by atoms with van der Waals surface area (Å²) in [5, 5.41) is 15.6. The molecule has 2 rings (SSSR count). The minimum Gasteiger partial charge on any atom is -0.347 e. The van der Waals surface area contributed by atoms with Gasteiger partial charge in [-0.15, -0.1) is 22.7 Å². The van der Waals surface area contributed by atoms with Gasteiger partial charge in [-0.2, -0.15) is 5.26 Å². The Balaban J connectivity index is 2.00. The molecule has 0 aliphatic carbocycles. The fraction of sp³-hybridized carbons (Fsp3) is 0.0769. The molecule has 0 spiro atoms. The quantitative estimate of drug-likeness (QED) is 0.688. The zero-order valence-corrected chi connectivity index (χ0v) is 11.1. The number of nitrogens with one attached hydrogen (secondary N) is 1. The van der Waals surface area contributed by atoms with E-state index in [1.54, 1.807) is 17.4 Å². The van der Waals surface area contributed by atoms with E-state index in [0.717, 1.165) is 9.75 Å². The molecule has 0 saturated heterocycles. The summed E-state index contributed by atoms with van der Waals surface area (Å²) in [6, 6.07) is 9.56. The van der Waals surface area contributed by atoms with E-state index in [1.807, 2.05) is 41.1 Å². The first-order chi connectivity index (χ1) is 8.79. The third kappa shape index (κ3) is 3.29. The highest BCUT2D eigenvalue weighted by Gasteiger charge is 2.09. The Morgan fingerprint density at radius 2 is 2.11 bits per heavy atom. The molecule has 0 radical (unpaired) electrons. The van der Waals surface area contributed by atoms with Crippen LogP contribution in [-0.4, -0.2) is 5.91 Å². The molecule has 0 aliphatic heterocycles. The SMILES string of the molecule is N#C/C(=C\c1cccs1)C(=O)NCc1cccs1. The summed E-state index contributed by atoms with van der Waals surface area (Å²) in [4.78, 5) is 13.8. The van der Waals surface area contributed by atoms with Gasteiger partial charge in [0.1, 0.15) is 11.6 Å². The van der Waals surface area contributed by atoms with Crippen molar-refractivity contribution >= 4 is 34.7 Å². The third-order valence-corrected chi connectivity index (χ3v) is 3.89. The molecular formula is C13H10N2OS2. The van der Waals surface area contributed by atoms with Gasteiger partial charge >= 0.3 is 0 Å². The molecule has 2 aromatic rings. The lowest BCUT2D eigenvalue weighted by atomic mass is 10.2. The smallest absolute Gasteiger partial charge is 0.262 e. The summed E-state index contributed by atoms with van der Waals surface area (Å²) in [5.74, 6) is -0.334. The molecule has 0 bridgehead atoms. The number of carbonyl (C=O) groups is 1. The van der Waals surface area contributed by atoms with E-state index in [-0.39, 0.29) is 11.5 Å². The van der Waals surface area contributed by atoms with Crippen molar-refractivity contribution in [1.82, 2.24) is 5.32 Å². The lowest BCUT2D eigenvalue weighted by Gasteiger charge is -2.01. The normalized spacial score (nSPS) is 10.9. The Morgan fingerprint density at radius 1 is 1.33 bits per heavy atom. The average molecular weight is 274 g/mol. The van der Waals surface area contributed by atoms with E-state index >= 15 is 0 Å². The Labute approximate surface area is 113 Å². The van der Waals surface area contributed by atoms with Crippen LogP contribution >= 0.6 is 22.7 Å². The van der Waals surface area contributed by atoms with Crippen molar-refractivity contribution in [3.8, 4) is 6.07 Å². The first kappa shape index (κ1) is 12.6. The van der Waals surface area contributed by atoms with Gasteiger partial charge in [-0.1, -0.05) is 12.1 Å². The highest BCUT2D eigenvalue weighted by Crippen LogP contribution is 2.13. The van der Waals surface area contributed by atoms with E-state index in [0.29, 0.717) is 6.54 Å². The summed E-state index contributed by atoms with van der Waals surface area (Å²) >= 11 is 3.07. The summed E-state index contributed by atoms with van der Waals surface area (Å²) in [7, 11) is 0. The molecule has 0 aliphatic rings. The Bertz CT molecular complexity index is 577. The Hall–Kier alpha value is -1.90. The van der Waals surface area contributed by atoms with Gasteiger partial charge in [0, 0.05) is 9.75 Å². The first-order valence-corrected chi connectivity index (χ1v) is 7.01. The molecule has 0 saturated carbocycles. The van der Waals surface area contributed by atoms with Gasteiger partial charge < -0.3 is 5.32 Å². The van der Waals surface area contributed by atoms with Crippen molar-refractivity contribution in [3.05, 3.63) is 50.4 Å². The topological polar surface area (TPSA) is 52.9 Å². The van der Waals surface area contributed by atoms with Gasteiger partial charge in [0.15, 0.2) is 0 Å². The number of nitriles is 1. The number of thiophene rings is 2. The van der Waals surface area contributed by atoms with Gasteiger partial charge in [0.2, 0.25) is 0 Å². The second-order valence-electron chi connectivity index (χ2n) is 3.45. The summed E-state index contributed by atoms with van der Waals surface area (Å²) in [5.41, 5.74) is 0.133. The summed E-state index contributed by atoms with van der Waals surface area (Å²) in [6.07, 6.45) is 1.61. The predicted molar refractivity (Wildman–Crippen MR) is 74.1 cm³/mol. The molecule has 2 heterocycles. The molecule has 1 amide bonds. The zero-order chi connectivity index (χ0) is 12.8. The lowest BCUT2D eigenvalue weighted by molar-refractivity contribution is -0.117. The van der Waals surface area contributed by atoms with Gasteiger partial charge in [0.25, 0.3) is 5.91 Å². The van der Waals surface area contributed by atoms with E-state index in [4.69, 9.17) is 5.26 Å². The van der Waals surface area contributed by atoms with E-state index in [1.165, 1.54) is 11.3 Å². The number of hydrogen-bond donors (Lipinski definition) is 1. The van der Waals surface area contributed by atoms with Crippen LogP contribution in [0.25, 0.3) is 6.08 Å². The molecule has 1 N–H and O–H groups in total. The van der Waals surface area contributed by atoms with Crippen molar-refractivity contribution in [2.24, 2.45) is 0 Å². The van der Waals surface area contributed by atoms with E-state index in [9.17, 15) is 4.79 Å². The lowest BCUT2D eigenvalue weighted by Crippen LogP contribution is -2.23. The maximum absolute atomic E-state index is 11.8. The number of carbonyl (C=O) groups excluding carboxylic acids is 1. The minimum atomic E-state index is -0.334.